The third-order valence-corrected chi connectivity index (χ3v) is 3.63. The van der Waals surface area contributed by atoms with Gasteiger partial charge in [-0.2, -0.15) is 0 Å². The average Bonchev–Trinajstić information content (AvgIpc) is 2.87. The van der Waals surface area contributed by atoms with Gasteiger partial charge in [0.15, 0.2) is 0 Å². The zero-order valence-corrected chi connectivity index (χ0v) is 9.79. The molecule has 0 saturated heterocycles. The highest BCUT2D eigenvalue weighted by molar-refractivity contribution is 5.19. The maximum absolute atomic E-state index is 3.45. The molecule has 0 bridgehead atoms. The fourth-order valence-electron chi connectivity index (χ4n) is 2.42. The molecule has 1 heteroatoms. The summed E-state index contributed by atoms with van der Waals surface area (Å²) in [7, 11) is 0. The van der Waals surface area contributed by atoms with Crippen molar-refractivity contribution in [2.45, 2.75) is 26.7 Å². The van der Waals surface area contributed by atoms with Gasteiger partial charge in [0.25, 0.3) is 0 Å². The van der Waals surface area contributed by atoms with Gasteiger partial charge in [-0.3, -0.25) is 0 Å². The van der Waals surface area contributed by atoms with E-state index in [1.807, 2.05) is 0 Å². The molecule has 0 spiro atoms. The van der Waals surface area contributed by atoms with E-state index in [1.165, 1.54) is 24.9 Å². The molecule has 0 amide bonds. The second-order valence-electron chi connectivity index (χ2n) is 5.03. The molecule has 82 valence electrons. The first kappa shape index (κ1) is 10.7. The Morgan fingerprint density at radius 2 is 2.07 bits per heavy atom. The smallest absolute Gasteiger partial charge is 0.00151 e. The van der Waals surface area contributed by atoms with Crippen LogP contribution in [0.4, 0.5) is 0 Å². The van der Waals surface area contributed by atoms with Crippen molar-refractivity contribution in [1.82, 2.24) is 5.32 Å². The van der Waals surface area contributed by atoms with Crippen LogP contribution < -0.4 is 5.32 Å². The highest BCUT2D eigenvalue weighted by atomic mass is 14.9. The van der Waals surface area contributed by atoms with Gasteiger partial charge < -0.3 is 5.32 Å². The molecule has 1 aromatic carbocycles. The molecule has 1 aliphatic carbocycles. The SMILES string of the molecule is CCNCC1CC1(C)Cc1ccccc1. The van der Waals surface area contributed by atoms with E-state index in [9.17, 15) is 0 Å². The second-order valence-corrected chi connectivity index (χ2v) is 5.03. The summed E-state index contributed by atoms with van der Waals surface area (Å²) in [4.78, 5) is 0. The van der Waals surface area contributed by atoms with Crippen LogP contribution >= 0.6 is 0 Å². The molecule has 0 aromatic heterocycles. The van der Waals surface area contributed by atoms with Crippen molar-refractivity contribution >= 4 is 0 Å². The number of hydrogen-bond donors (Lipinski definition) is 1. The van der Waals surface area contributed by atoms with Crippen molar-refractivity contribution in [2.24, 2.45) is 11.3 Å². The van der Waals surface area contributed by atoms with E-state index >= 15 is 0 Å². The number of nitrogens with one attached hydrogen (secondary N) is 1. The minimum absolute atomic E-state index is 0.559. The van der Waals surface area contributed by atoms with Crippen molar-refractivity contribution in [3.63, 3.8) is 0 Å². The van der Waals surface area contributed by atoms with E-state index in [-0.39, 0.29) is 0 Å². The Balaban J connectivity index is 1.86. The van der Waals surface area contributed by atoms with Gasteiger partial charge >= 0.3 is 0 Å². The Morgan fingerprint density at radius 3 is 2.73 bits per heavy atom. The largest absolute Gasteiger partial charge is 0.317 e. The summed E-state index contributed by atoms with van der Waals surface area (Å²) in [6.07, 6.45) is 2.62. The van der Waals surface area contributed by atoms with Gasteiger partial charge in [0.05, 0.1) is 0 Å². The fourth-order valence-corrected chi connectivity index (χ4v) is 2.42. The lowest BCUT2D eigenvalue weighted by Crippen LogP contribution is -2.19. The summed E-state index contributed by atoms with van der Waals surface area (Å²) < 4.78 is 0. The predicted octanol–water partition coefficient (Wildman–Crippen LogP) is 2.86. The lowest BCUT2D eigenvalue weighted by Gasteiger charge is -2.11. The molecule has 1 aromatic rings. The van der Waals surface area contributed by atoms with Crippen LogP contribution in [0, 0.1) is 11.3 Å². The van der Waals surface area contributed by atoms with Crippen molar-refractivity contribution in [3.8, 4) is 0 Å². The van der Waals surface area contributed by atoms with E-state index in [2.05, 4.69) is 49.5 Å². The first-order valence-corrected chi connectivity index (χ1v) is 5.99. The van der Waals surface area contributed by atoms with Gasteiger partial charge in [0, 0.05) is 0 Å². The summed E-state index contributed by atoms with van der Waals surface area (Å²) in [5, 5.41) is 3.45. The summed E-state index contributed by atoms with van der Waals surface area (Å²) in [5.74, 6) is 0.887. The van der Waals surface area contributed by atoms with Crippen LogP contribution in [0.5, 0.6) is 0 Å². The van der Waals surface area contributed by atoms with E-state index < -0.39 is 0 Å². The molecule has 2 atom stereocenters. The molecule has 2 unspecified atom stereocenters. The van der Waals surface area contributed by atoms with Crippen molar-refractivity contribution < 1.29 is 0 Å². The fraction of sp³-hybridized carbons (Fsp3) is 0.571. The van der Waals surface area contributed by atoms with Crippen molar-refractivity contribution in [1.29, 1.82) is 0 Å². The molecule has 0 heterocycles. The summed E-state index contributed by atoms with van der Waals surface area (Å²) in [6.45, 7) is 6.89. The van der Waals surface area contributed by atoms with Gasteiger partial charge in [0.2, 0.25) is 0 Å². The Hall–Kier alpha value is -0.820. The maximum Gasteiger partial charge on any atom is -0.00151 e. The Kier molecular flexibility index (Phi) is 3.11. The standard InChI is InChI=1S/C14H21N/c1-3-15-11-13-10-14(13,2)9-12-7-5-4-6-8-12/h4-8,13,15H,3,9-11H2,1-2H3. The van der Waals surface area contributed by atoms with Crippen LogP contribution in [0.3, 0.4) is 0 Å². The monoisotopic (exact) mass is 203 g/mol. The zero-order chi connectivity index (χ0) is 10.7. The highest BCUT2D eigenvalue weighted by Gasteiger charge is 2.48. The average molecular weight is 203 g/mol. The van der Waals surface area contributed by atoms with Gasteiger partial charge in [0.1, 0.15) is 0 Å². The van der Waals surface area contributed by atoms with Gasteiger partial charge in [-0.25, -0.2) is 0 Å². The van der Waals surface area contributed by atoms with Crippen LogP contribution in [0.25, 0.3) is 0 Å². The molecular weight excluding hydrogens is 182 g/mol. The molecule has 1 N–H and O–H groups in total. The van der Waals surface area contributed by atoms with E-state index in [0.717, 1.165) is 12.5 Å². The minimum Gasteiger partial charge on any atom is -0.317 e. The zero-order valence-electron chi connectivity index (χ0n) is 9.79. The molecular formula is C14H21N. The predicted molar refractivity (Wildman–Crippen MR) is 64.9 cm³/mol. The van der Waals surface area contributed by atoms with E-state index in [4.69, 9.17) is 0 Å². The van der Waals surface area contributed by atoms with Crippen LogP contribution in [-0.4, -0.2) is 13.1 Å². The van der Waals surface area contributed by atoms with Gasteiger partial charge in [-0.05, 0) is 42.8 Å². The maximum atomic E-state index is 3.45. The van der Waals surface area contributed by atoms with Crippen molar-refractivity contribution in [3.05, 3.63) is 35.9 Å². The minimum atomic E-state index is 0.559. The number of rotatable bonds is 5. The van der Waals surface area contributed by atoms with Crippen LogP contribution in [-0.2, 0) is 6.42 Å². The summed E-state index contributed by atoms with van der Waals surface area (Å²) >= 11 is 0. The van der Waals surface area contributed by atoms with Gasteiger partial charge in [-0.1, -0.05) is 44.2 Å². The Labute approximate surface area is 92.9 Å². The third kappa shape index (κ3) is 2.60. The van der Waals surface area contributed by atoms with Gasteiger partial charge in [-0.15, -0.1) is 0 Å². The summed E-state index contributed by atoms with van der Waals surface area (Å²) in [6, 6.07) is 10.9. The first-order chi connectivity index (χ1) is 7.24. The quantitative estimate of drug-likeness (QED) is 0.776. The Morgan fingerprint density at radius 1 is 1.33 bits per heavy atom. The lowest BCUT2D eigenvalue weighted by atomic mass is 9.96. The Bertz CT molecular complexity index is 306. The summed E-state index contributed by atoms with van der Waals surface area (Å²) in [5.41, 5.74) is 2.04. The van der Waals surface area contributed by atoms with Crippen LogP contribution in [0.15, 0.2) is 30.3 Å². The molecule has 0 radical (unpaired) electrons. The third-order valence-electron chi connectivity index (χ3n) is 3.63. The van der Waals surface area contributed by atoms with E-state index in [1.54, 1.807) is 0 Å². The molecule has 1 fully saturated rings. The van der Waals surface area contributed by atoms with E-state index in [0.29, 0.717) is 5.41 Å². The highest BCUT2D eigenvalue weighted by Crippen LogP contribution is 2.53. The molecule has 0 aliphatic heterocycles. The normalized spacial score (nSPS) is 29.1. The topological polar surface area (TPSA) is 12.0 Å². The van der Waals surface area contributed by atoms with Crippen LogP contribution in [0.2, 0.25) is 0 Å². The first-order valence-electron chi connectivity index (χ1n) is 5.99. The van der Waals surface area contributed by atoms with Crippen LogP contribution in [0.1, 0.15) is 25.8 Å². The number of benzene rings is 1. The number of hydrogen-bond acceptors (Lipinski definition) is 1. The molecule has 2 rings (SSSR count). The molecule has 1 saturated carbocycles. The lowest BCUT2D eigenvalue weighted by molar-refractivity contribution is 0.480. The second kappa shape index (κ2) is 4.36. The van der Waals surface area contributed by atoms with Crippen molar-refractivity contribution in [2.75, 3.05) is 13.1 Å². The molecule has 1 nitrogen and oxygen atoms in total. The molecule has 1 aliphatic rings. The molecule has 15 heavy (non-hydrogen) atoms.